The molecule has 1 heterocycles. The Bertz CT molecular complexity index is 402. The number of piperidine rings is 1. The number of hydrogen-bond acceptors (Lipinski definition) is 5. The Morgan fingerprint density at radius 3 is 2.33 bits per heavy atom. The van der Waals surface area contributed by atoms with Gasteiger partial charge in [0.2, 0.25) is 0 Å². The molecule has 0 spiro atoms. The number of amides is 1. The molecule has 1 aliphatic rings. The van der Waals surface area contributed by atoms with Gasteiger partial charge in [-0.2, -0.15) is 0 Å². The van der Waals surface area contributed by atoms with Crippen LogP contribution in [0.4, 0.5) is 4.79 Å². The molecular formula is C15H26N2O4. The molecular weight excluding hydrogens is 272 g/mol. The maximum Gasteiger partial charge on any atom is 0.410 e. The van der Waals surface area contributed by atoms with Crippen LogP contribution in [-0.2, 0) is 14.4 Å². The number of carbonyl (C=O) groups excluding carboxylic acids is 2. The molecule has 0 aromatic carbocycles. The van der Waals surface area contributed by atoms with E-state index in [2.05, 4.69) is 0 Å². The molecule has 21 heavy (non-hydrogen) atoms. The van der Waals surface area contributed by atoms with E-state index in [4.69, 9.17) is 9.57 Å². The molecule has 0 N–H and O–H groups in total. The van der Waals surface area contributed by atoms with E-state index in [1.54, 1.807) is 11.9 Å². The molecule has 1 amide bonds. The molecule has 1 aliphatic heterocycles. The third-order valence-electron chi connectivity index (χ3n) is 3.52. The predicted octanol–water partition coefficient (Wildman–Crippen LogP) is 2.23. The largest absolute Gasteiger partial charge is 0.444 e. The first-order chi connectivity index (χ1) is 9.76. The first kappa shape index (κ1) is 17.5. The second-order valence-electron chi connectivity index (χ2n) is 6.34. The standard InChI is InChI=1S/C15H26N2O4/c1-15(2,3)21-14(19)17-8-6-12(7-9-17)10-13(11-18)16(4)20-5/h12H,6-10H2,1-5H3. The van der Waals surface area contributed by atoms with Crippen LogP contribution >= 0.6 is 0 Å². The Labute approximate surface area is 126 Å². The number of likely N-dealkylation sites (tertiary alicyclic amines) is 1. The van der Waals surface area contributed by atoms with E-state index in [0.29, 0.717) is 31.1 Å². The van der Waals surface area contributed by atoms with Crippen molar-refractivity contribution in [3.05, 3.63) is 5.70 Å². The zero-order chi connectivity index (χ0) is 16.0. The van der Waals surface area contributed by atoms with E-state index < -0.39 is 5.60 Å². The third kappa shape index (κ3) is 5.78. The van der Waals surface area contributed by atoms with Crippen LogP contribution in [-0.4, -0.2) is 54.8 Å². The van der Waals surface area contributed by atoms with Crippen molar-refractivity contribution < 1.29 is 19.2 Å². The normalized spacial score (nSPS) is 16.3. The van der Waals surface area contributed by atoms with Gasteiger partial charge in [0.1, 0.15) is 17.2 Å². The Balaban J connectivity index is 2.45. The lowest BCUT2D eigenvalue weighted by Gasteiger charge is -2.34. The molecule has 1 saturated heterocycles. The lowest BCUT2D eigenvalue weighted by molar-refractivity contribution is -0.0806. The summed E-state index contributed by atoms with van der Waals surface area (Å²) in [6, 6.07) is 0. The summed E-state index contributed by atoms with van der Waals surface area (Å²) in [5.74, 6) is 2.29. The first-order valence-corrected chi connectivity index (χ1v) is 7.26. The number of carbonyl (C=O) groups is 1. The smallest absolute Gasteiger partial charge is 0.410 e. The Hall–Kier alpha value is -1.52. The average Bonchev–Trinajstić information content (AvgIpc) is 2.42. The zero-order valence-corrected chi connectivity index (χ0v) is 13.6. The Morgan fingerprint density at radius 2 is 1.90 bits per heavy atom. The van der Waals surface area contributed by atoms with Gasteiger partial charge in [0.15, 0.2) is 0 Å². The molecule has 0 atom stereocenters. The van der Waals surface area contributed by atoms with Gasteiger partial charge in [-0.3, -0.25) is 9.90 Å². The summed E-state index contributed by atoms with van der Waals surface area (Å²) in [4.78, 5) is 29.6. The molecule has 0 aromatic rings. The monoisotopic (exact) mass is 298 g/mol. The molecule has 6 heteroatoms. The molecule has 0 radical (unpaired) electrons. The highest BCUT2D eigenvalue weighted by atomic mass is 16.7. The van der Waals surface area contributed by atoms with Crippen molar-refractivity contribution in [1.82, 2.24) is 9.96 Å². The van der Waals surface area contributed by atoms with Crippen LogP contribution < -0.4 is 0 Å². The van der Waals surface area contributed by atoms with Crippen molar-refractivity contribution in [3.63, 3.8) is 0 Å². The van der Waals surface area contributed by atoms with Gasteiger partial charge in [-0.25, -0.2) is 9.59 Å². The number of nitrogens with zero attached hydrogens (tertiary/aromatic N) is 2. The maximum atomic E-state index is 12.0. The molecule has 1 rings (SSSR count). The molecule has 0 bridgehead atoms. The first-order valence-electron chi connectivity index (χ1n) is 7.26. The van der Waals surface area contributed by atoms with Crippen LogP contribution in [0.5, 0.6) is 0 Å². The highest BCUT2D eigenvalue weighted by Crippen LogP contribution is 2.25. The third-order valence-corrected chi connectivity index (χ3v) is 3.52. The predicted molar refractivity (Wildman–Crippen MR) is 79.1 cm³/mol. The van der Waals surface area contributed by atoms with Crippen molar-refractivity contribution in [2.24, 2.45) is 5.92 Å². The minimum absolute atomic E-state index is 0.263. The van der Waals surface area contributed by atoms with E-state index in [1.165, 1.54) is 12.2 Å². The fraction of sp³-hybridized carbons (Fsp3) is 0.800. The fourth-order valence-corrected chi connectivity index (χ4v) is 2.26. The minimum Gasteiger partial charge on any atom is -0.444 e. The second-order valence-corrected chi connectivity index (χ2v) is 6.34. The van der Waals surface area contributed by atoms with Gasteiger partial charge in [0.05, 0.1) is 7.11 Å². The summed E-state index contributed by atoms with van der Waals surface area (Å²) < 4.78 is 5.36. The van der Waals surface area contributed by atoms with Gasteiger partial charge in [-0.05, 0) is 39.5 Å². The summed E-state index contributed by atoms with van der Waals surface area (Å²) in [6.45, 7) is 6.89. The van der Waals surface area contributed by atoms with Crippen LogP contribution in [0.15, 0.2) is 5.70 Å². The van der Waals surface area contributed by atoms with Crippen LogP contribution in [0, 0.1) is 5.92 Å². The van der Waals surface area contributed by atoms with E-state index in [1.807, 2.05) is 26.7 Å². The average molecular weight is 298 g/mol. The molecule has 1 fully saturated rings. The molecule has 0 unspecified atom stereocenters. The Kier molecular flexibility index (Phi) is 6.24. The van der Waals surface area contributed by atoms with Crippen LogP contribution in [0.3, 0.4) is 0 Å². The molecule has 0 aliphatic carbocycles. The van der Waals surface area contributed by atoms with E-state index in [0.717, 1.165) is 12.8 Å². The molecule has 0 aromatic heterocycles. The summed E-state index contributed by atoms with van der Waals surface area (Å²) >= 11 is 0. The lowest BCUT2D eigenvalue weighted by atomic mass is 9.92. The topological polar surface area (TPSA) is 59.1 Å². The van der Waals surface area contributed by atoms with Gasteiger partial charge < -0.3 is 9.64 Å². The molecule has 6 nitrogen and oxygen atoms in total. The van der Waals surface area contributed by atoms with Crippen molar-refractivity contribution in [2.45, 2.75) is 45.6 Å². The second kappa shape index (κ2) is 7.48. The minimum atomic E-state index is -0.470. The van der Waals surface area contributed by atoms with Crippen LogP contribution in [0.1, 0.15) is 40.0 Å². The van der Waals surface area contributed by atoms with Gasteiger partial charge in [-0.15, -0.1) is 0 Å². The maximum absolute atomic E-state index is 12.0. The van der Waals surface area contributed by atoms with Crippen molar-refractivity contribution >= 4 is 12.0 Å². The summed E-state index contributed by atoms with van der Waals surface area (Å²) in [6.07, 6.45) is 2.06. The number of hydrogen-bond donors (Lipinski definition) is 0. The van der Waals surface area contributed by atoms with Crippen molar-refractivity contribution in [2.75, 3.05) is 27.2 Å². The Morgan fingerprint density at radius 1 is 1.33 bits per heavy atom. The highest BCUT2D eigenvalue weighted by molar-refractivity contribution is 5.68. The number of hydroxylamine groups is 2. The highest BCUT2D eigenvalue weighted by Gasteiger charge is 2.27. The summed E-state index contributed by atoms with van der Waals surface area (Å²) in [5.41, 5.74) is 0.0379. The number of rotatable bonds is 4. The zero-order valence-electron chi connectivity index (χ0n) is 13.6. The van der Waals surface area contributed by atoms with Crippen molar-refractivity contribution in [1.29, 1.82) is 0 Å². The van der Waals surface area contributed by atoms with Gasteiger partial charge >= 0.3 is 6.09 Å². The van der Waals surface area contributed by atoms with Crippen LogP contribution in [0.25, 0.3) is 0 Å². The van der Waals surface area contributed by atoms with Gasteiger partial charge in [0.25, 0.3) is 0 Å². The molecule has 120 valence electrons. The van der Waals surface area contributed by atoms with Crippen LogP contribution in [0.2, 0.25) is 0 Å². The fourth-order valence-electron chi connectivity index (χ4n) is 2.26. The van der Waals surface area contributed by atoms with E-state index in [9.17, 15) is 9.59 Å². The van der Waals surface area contributed by atoms with E-state index >= 15 is 0 Å². The summed E-state index contributed by atoms with van der Waals surface area (Å²) in [5, 5.41) is 1.44. The SMILES string of the molecule is CON(C)C(=C=O)CC1CCN(C(=O)OC(C)(C)C)CC1. The lowest BCUT2D eigenvalue weighted by Crippen LogP contribution is -2.42. The number of ether oxygens (including phenoxy) is 1. The van der Waals surface area contributed by atoms with Gasteiger partial charge in [0, 0.05) is 26.6 Å². The number of allylic oxidation sites excluding steroid dienone is 1. The van der Waals surface area contributed by atoms with E-state index in [-0.39, 0.29) is 6.09 Å². The summed E-state index contributed by atoms with van der Waals surface area (Å²) in [7, 11) is 3.21. The quantitative estimate of drug-likeness (QED) is 0.588. The van der Waals surface area contributed by atoms with Gasteiger partial charge in [-0.1, -0.05) is 0 Å². The van der Waals surface area contributed by atoms with Crippen molar-refractivity contribution in [3.8, 4) is 0 Å². The molecule has 0 saturated carbocycles.